The lowest BCUT2D eigenvalue weighted by Crippen LogP contribution is -2.30. The summed E-state index contributed by atoms with van der Waals surface area (Å²) in [5, 5.41) is 10.4. The van der Waals surface area contributed by atoms with Gasteiger partial charge in [0.25, 0.3) is 0 Å². The summed E-state index contributed by atoms with van der Waals surface area (Å²) in [5.41, 5.74) is 2.19. The van der Waals surface area contributed by atoms with Crippen molar-refractivity contribution in [3.05, 3.63) is 35.7 Å². The molecule has 6 nitrogen and oxygen atoms in total. The third kappa shape index (κ3) is 4.91. The molecule has 1 atom stereocenters. The quantitative estimate of drug-likeness (QED) is 0.796. The lowest BCUT2D eigenvalue weighted by atomic mass is 9.93. The number of hydrogen-bond donors (Lipinski definition) is 2. The minimum Gasteiger partial charge on any atom is -0.345 e. The number of hydrogen-bond acceptors (Lipinski definition) is 5. The minimum atomic E-state index is -0.285. The van der Waals surface area contributed by atoms with E-state index in [1.165, 1.54) is 5.56 Å². The zero-order valence-corrected chi connectivity index (χ0v) is 15.6. The molecule has 1 unspecified atom stereocenters. The number of carbonyl (C=O) groups is 1. The van der Waals surface area contributed by atoms with Crippen molar-refractivity contribution in [1.82, 2.24) is 20.8 Å². The Labute approximate surface area is 154 Å². The number of carbonyl (C=O) groups excluding carboxylic acids is 1. The number of benzene rings is 1. The van der Waals surface area contributed by atoms with Gasteiger partial charge in [-0.15, -0.1) is 0 Å². The molecular formula is C20H28N4O2. The van der Waals surface area contributed by atoms with Crippen LogP contribution >= 0.6 is 0 Å². The predicted octanol–water partition coefficient (Wildman–Crippen LogP) is 3.26. The third-order valence-corrected chi connectivity index (χ3v) is 5.05. The second kappa shape index (κ2) is 8.94. The highest BCUT2D eigenvalue weighted by atomic mass is 16.5. The average molecular weight is 356 g/mol. The fraction of sp³-hybridized carbons (Fsp3) is 0.550. The van der Waals surface area contributed by atoms with Gasteiger partial charge in [-0.25, -0.2) is 0 Å². The largest absolute Gasteiger partial charge is 0.345 e. The zero-order valence-electron chi connectivity index (χ0n) is 15.6. The molecule has 6 heteroatoms. The van der Waals surface area contributed by atoms with E-state index in [1.807, 2.05) is 19.1 Å². The first kappa shape index (κ1) is 18.6. The summed E-state index contributed by atoms with van der Waals surface area (Å²) in [6.45, 7) is 6.12. The van der Waals surface area contributed by atoms with Gasteiger partial charge in [-0.1, -0.05) is 36.3 Å². The van der Waals surface area contributed by atoms with Crippen molar-refractivity contribution in [1.29, 1.82) is 0 Å². The number of aromatic nitrogens is 2. The predicted molar refractivity (Wildman–Crippen MR) is 100 cm³/mol. The van der Waals surface area contributed by atoms with Gasteiger partial charge < -0.3 is 15.2 Å². The van der Waals surface area contributed by atoms with E-state index in [1.54, 1.807) is 0 Å². The van der Waals surface area contributed by atoms with Crippen molar-refractivity contribution in [3.63, 3.8) is 0 Å². The van der Waals surface area contributed by atoms with Crippen molar-refractivity contribution in [2.45, 2.75) is 52.0 Å². The number of nitrogens with one attached hydrogen (secondary N) is 2. The Morgan fingerprint density at radius 1 is 1.31 bits per heavy atom. The van der Waals surface area contributed by atoms with Gasteiger partial charge in [0.1, 0.15) is 6.04 Å². The summed E-state index contributed by atoms with van der Waals surface area (Å²) in [6, 6.07) is 7.84. The van der Waals surface area contributed by atoms with Crippen molar-refractivity contribution in [3.8, 4) is 11.4 Å². The highest BCUT2D eigenvalue weighted by Crippen LogP contribution is 2.20. The van der Waals surface area contributed by atoms with Gasteiger partial charge in [0, 0.05) is 12.0 Å². The lowest BCUT2D eigenvalue weighted by Gasteiger charge is -2.22. The van der Waals surface area contributed by atoms with E-state index < -0.39 is 0 Å². The van der Waals surface area contributed by atoms with Crippen molar-refractivity contribution in [2.75, 3.05) is 13.1 Å². The first-order valence-electron chi connectivity index (χ1n) is 9.58. The molecular weight excluding hydrogens is 328 g/mol. The summed E-state index contributed by atoms with van der Waals surface area (Å²) in [6.07, 6.45) is 4.81. The molecule has 1 aromatic heterocycles. The van der Waals surface area contributed by atoms with Gasteiger partial charge >= 0.3 is 0 Å². The second-order valence-corrected chi connectivity index (χ2v) is 7.03. The molecule has 0 bridgehead atoms. The Bertz CT molecular complexity index is 705. The van der Waals surface area contributed by atoms with E-state index in [0.717, 1.165) is 44.3 Å². The number of piperidine rings is 1. The van der Waals surface area contributed by atoms with Crippen LogP contribution in [0.5, 0.6) is 0 Å². The summed E-state index contributed by atoms with van der Waals surface area (Å²) < 4.78 is 5.35. The van der Waals surface area contributed by atoms with Crippen molar-refractivity contribution in [2.24, 2.45) is 5.92 Å². The number of amides is 1. The summed E-state index contributed by atoms with van der Waals surface area (Å²) in [4.78, 5) is 16.6. The monoisotopic (exact) mass is 356 g/mol. The van der Waals surface area contributed by atoms with E-state index in [2.05, 4.69) is 39.8 Å². The number of nitrogens with zero attached hydrogens (tertiary/aromatic N) is 2. The summed E-state index contributed by atoms with van der Waals surface area (Å²) in [7, 11) is 0. The zero-order chi connectivity index (χ0) is 18.4. The van der Waals surface area contributed by atoms with Crippen LogP contribution in [0.25, 0.3) is 11.4 Å². The molecule has 3 rings (SSSR count). The normalized spacial score (nSPS) is 16.4. The topological polar surface area (TPSA) is 80.0 Å². The smallest absolute Gasteiger partial charge is 0.249 e. The maximum Gasteiger partial charge on any atom is 0.249 e. The summed E-state index contributed by atoms with van der Waals surface area (Å²) in [5.74, 6) is 1.69. The van der Waals surface area contributed by atoms with Crippen LogP contribution in [0, 0.1) is 5.92 Å². The molecule has 1 amide bonds. The Kier molecular flexibility index (Phi) is 6.39. The fourth-order valence-electron chi connectivity index (χ4n) is 3.30. The van der Waals surface area contributed by atoms with Gasteiger partial charge in [-0.05, 0) is 57.2 Å². The molecule has 26 heavy (non-hydrogen) atoms. The second-order valence-electron chi connectivity index (χ2n) is 7.03. The highest BCUT2D eigenvalue weighted by Gasteiger charge is 2.19. The fourth-order valence-corrected chi connectivity index (χ4v) is 3.30. The molecule has 0 spiro atoms. The van der Waals surface area contributed by atoms with E-state index >= 15 is 0 Å². The van der Waals surface area contributed by atoms with Crippen LogP contribution in [-0.4, -0.2) is 29.1 Å². The van der Waals surface area contributed by atoms with Gasteiger partial charge in [0.15, 0.2) is 0 Å². The molecule has 1 saturated heterocycles. The molecule has 2 N–H and O–H groups in total. The van der Waals surface area contributed by atoms with Crippen LogP contribution in [-0.2, 0) is 11.2 Å². The van der Waals surface area contributed by atoms with E-state index in [4.69, 9.17) is 4.52 Å². The van der Waals surface area contributed by atoms with Gasteiger partial charge in [0.05, 0.1) is 0 Å². The molecule has 1 aliphatic rings. The Morgan fingerprint density at radius 2 is 2.04 bits per heavy atom. The number of aryl methyl sites for hydroxylation is 1. The van der Waals surface area contributed by atoms with Gasteiger partial charge in [-0.2, -0.15) is 4.98 Å². The Balaban J connectivity index is 1.51. The maximum atomic E-state index is 12.2. The molecule has 2 aromatic rings. The molecule has 0 aliphatic carbocycles. The standard InChI is InChI=1S/C20H28N4O2/c1-3-15-4-7-17(8-5-15)19-23-20(26-24-19)14(2)22-18(25)9-6-16-10-12-21-13-11-16/h4-5,7-8,14,16,21H,3,6,9-13H2,1-2H3,(H,22,25). The lowest BCUT2D eigenvalue weighted by molar-refractivity contribution is -0.122. The Hall–Kier alpha value is -2.21. The number of rotatable bonds is 7. The van der Waals surface area contributed by atoms with Crippen LogP contribution in [0.15, 0.2) is 28.8 Å². The maximum absolute atomic E-state index is 12.2. The van der Waals surface area contributed by atoms with Crippen molar-refractivity contribution >= 4 is 5.91 Å². The SMILES string of the molecule is CCc1ccc(-c2noc(C(C)NC(=O)CCC3CCNCC3)n2)cc1. The van der Waals surface area contributed by atoms with Crippen LogP contribution in [0.2, 0.25) is 0 Å². The van der Waals surface area contributed by atoms with Gasteiger partial charge in [-0.3, -0.25) is 4.79 Å². The molecule has 0 saturated carbocycles. The molecule has 1 aromatic carbocycles. The van der Waals surface area contributed by atoms with Crippen LogP contribution in [0.4, 0.5) is 0 Å². The first-order chi connectivity index (χ1) is 12.7. The van der Waals surface area contributed by atoms with Crippen LogP contribution in [0.3, 0.4) is 0 Å². The van der Waals surface area contributed by atoms with Gasteiger partial charge in [0.2, 0.25) is 17.6 Å². The van der Waals surface area contributed by atoms with Crippen molar-refractivity contribution < 1.29 is 9.32 Å². The Morgan fingerprint density at radius 3 is 2.73 bits per heavy atom. The molecule has 1 fully saturated rings. The van der Waals surface area contributed by atoms with Crippen LogP contribution in [0.1, 0.15) is 57.0 Å². The molecule has 2 heterocycles. The van der Waals surface area contributed by atoms with E-state index in [-0.39, 0.29) is 11.9 Å². The first-order valence-corrected chi connectivity index (χ1v) is 9.58. The van der Waals surface area contributed by atoms with E-state index in [0.29, 0.717) is 24.1 Å². The third-order valence-electron chi connectivity index (χ3n) is 5.05. The molecule has 0 radical (unpaired) electrons. The molecule has 140 valence electrons. The minimum absolute atomic E-state index is 0.0445. The average Bonchev–Trinajstić information content (AvgIpc) is 3.18. The van der Waals surface area contributed by atoms with E-state index in [9.17, 15) is 4.79 Å². The van der Waals surface area contributed by atoms with Crippen LogP contribution < -0.4 is 10.6 Å². The highest BCUT2D eigenvalue weighted by molar-refractivity contribution is 5.76. The summed E-state index contributed by atoms with van der Waals surface area (Å²) >= 11 is 0. The molecule has 1 aliphatic heterocycles.